The van der Waals surface area contributed by atoms with E-state index in [1.807, 2.05) is 4.90 Å². The molecule has 1 fully saturated rings. The van der Waals surface area contributed by atoms with Crippen molar-refractivity contribution in [3.8, 4) is 0 Å². The Bertz CT molecular complexity index is 481. The molecule has 2 rings (SSSR count). The molecule has 2 atom stereocenters. The Hall–Kier alpha value is -0.480. The summed E-state index contributed by atoms with van der Waals surface area (Å²) in [5, 5.41) is 0.926. The van der Waals surface area contributed by atoms with Crippen LogP contribution in [0.15, 0.2) is 18.2 Å². The van der Waals surface area contributed by atoms with E-state index >= 15 is 0 Å². The Morgan fingerprint density at radius 1 is 1.45 bits per heavy atom. The van der Waals surface area contributed by atoms with Gasteiger partial charge in [-0.25, -0.2) is 0 Å². The van der Waals surface area contributed by atoms with Gasteiger partial charge in [-0.3, -0.25) is 4.79 Å². The third-order valence-electron chi connectivity index (χ3n) is 3.78. The van der Waals surface area contributed by atoms with Crippen LogP contribution in [-0.4, -0.2) is 29.9 Å². The molecule has 0 saturated carbocycles. The summed E-state index contributed by atoms with van der Waals surface area (Å²) in [5.41, 5.74) is 6.31. The number of nitrogens with two attached hydrogens (primary N) is 1. The van der Waals surface area contributed by atoms with Crippen LogP contribution in [0.1, 0.15) is 30.1 Å². The summed E-state index contributed by atoms with van der Waals surface area (Å²) in [7, 11) is 0. The second-order valence-electron chi connectivity index (χ2n) is 5.05. The zero-order valence-electron chi connectivity index (χ0n) is 11.3. The summed E-state index contributed by atoms with van der Waals surface area (Å²) in [5.74, 6) is 0.373. The van der Waals surface area contributed by atoms with Crippen LogP contribution in [0.5, 0.6) is 0 Å². The summed E-state index contributed by atoms with van der Waals surface area (Å²) in [6, 6.07) is 5.06. The molecule has 3 nitrogen and oxygen atoms in total. The largest absolute Gasteiger partial charge is 0.334 e. The van der Waals surface area contributed by atoms with E-state index in [1.165, 1.54) is 0 Å². The molecule has 0 aromatic heterocycles. The van der Waals surface area contributed by atoms with Gasteiger partial charge in [-0.05, 0) is 37.0 Å². The number of likely N-dealkylation sites (tertiary alicyclic amines) is 1. The number of carbonyl (C=O) groups excluding carboxylic acids is 1. The number of piperidine rings is 1. The first-order valence-electron chi connectivity index (χ1n) is 6.50. The highest BCUT2D eigenvalue weighted by atomic mass is 35.5. The number of rotatable bonds is 2. The highest BCUT2D eigenvalue weighted by Crippen LogP contribution is 2.27. The van der Waals surface area contributed by atoms with Gasteiger partial charge in [0.15, 0.2) is 0 Å². The third kappa shape index (κ3) is 3.59. The van der Waals surface area contributed by atoms with Gasteiger partial charge in [0.2, 0.25) is 0 Å². The maximum Gasteiger partial charge on any atom is 0.255 e. The van der Waals surface area contributed by atoms with Crippen molar-refractivity contribution in [3.63, 3.8) is 0 Å². The summed E-state index contributed by atoms with van der Waals surface area (Å²) < 4.78 is 0. The molecule has 1 aliphatic rings. The van der Waals surface area contributed by atoms with Gasteiger partial charge in [-0.2, -0.15) is 0 Å². The first-order valence-corrected chi connectivity index (χ1v) is 7.26. The van der Waals surface area contributed by atoms with E-state index in [-0.39, 0.29) is 24.4 Å². The average molecular weight is 338 g/mol. The van der Waals surface area contributed by atoms with Gasteiger partial charge in [0, 0.05) is 24.2 Å². The second-order valence-corrected chi connectivity index (χ2v) is 5.89. The van der Waals surface area contributed by atoms with Crippen molar-refractivity contribution >= 4 is 41.5 Å². The number of carbonyl (C=O) groups is 1. The Kier molecular flexibility index (Phi) is 6.59. The summed E-state index contributed by atoms with van der Waals surface area (Å²) in [6.45, 7) is 3.36. The third-order valence-corrected chi connectivity index (χ3v) is 4.33. The predicted molar refractivity (Wildman–Crippen MR) is 86.0 cm³/mol. The Balaban J connectivity index is 0.00000200. The van der Waals surface area contributed by atoms with Gasteiger partial charge in [-0.15, -0.1) is 12.4 Å². The molecular weight excluding hydrogens is 319 g/mol. The second kappa shape index (κ2) is 7.51. The van der Waals surface area contributed by atoms with E-state index in [0.29, 0.717) is 28.1 Å². The molecule has 0 radical (unpaired) electrons. The van der Waals surface area contributed by atoms with Crippen LogP contribution in [0, 0.1) is 5.92 Å². The Labute approximate surface area is 135 Å². The molecule has 0 bridgehead atoms. The van der Waals surface area contributed by atoms with Crippen molar-refractivity contribution in [1.82, 2.24) is 4.90 Å². The number of benzene rings is 1. The van der Waals surface area contributed by atoms with E-state index < -0.39 is 0 Å². The minimum atomic E-state index is -0.0522. The van der Waals surface area contributed by atoms with Crippen LogP contribution < -0.4 is 5.73 Å². The first-order chi connectivity index (χ1) is 9.04. The molecule has 2 N–H and O–H groups in total. The number of halogens is 3. The molecule has 1 saturated heterocycles. The predicted octanol–water partition coefficient (Wildman–Crippen LogP) is 3.61. The highest BCUT2D eigenvalue weighted by Gasteiger charge is 2.31. The lowest BCUT2D eigenvalue weighted by molar-refractivity contribution is 0.0533. The molecule has 6 heteroatoms. The van der Waals surface area contributed by atoms with Gasteiger partial charge >= 0.3 is 0 Å². The molecule has 1 aromatic carbocycles. The fourth-order valence-corrected chi connectivity index (χ4v) is 3.17. The normalized spacial score (nSPS) is 22.3. The number of amides is 1. The topological polar surface area (TPSA) is 46.3 Å². The summed E-state index contributed by atoms with van der Waals surface area (Å²) >= 11 is 12.0. The molecule has 0 aliphatic carbocycles. The lowest BCUT2D eigenvalue weighted by atomic mass is 9.90. The van der Waals surface area contributed by atoms with E-state index in [4.69, 9.17) is 28.9 Å². The van der Waals surface area contributed by atoms with E-state index in [1.54, 1.807) is 18.2 Å². The van der Waals surface area contributed by atoms with E-state index in [2.05, 4.69) is 6.92 Å². The smallest absolute Gasteiger partial charge is 0.255 e. The van der Waals surface area contributed by atoms with Crippen LogP contribution in [-0.2, 0) is 0 Å². The number of nitrogens with zero attached hydrogens (tertiary/aromatic N) is 1. The lowest BCUT2D eigenvalue weighted by Gasteiger charge is -2.39. The number of hydrogen-bond acceptors (Lipinski definition) is 2. The van der Waals surface area contributed by atoms with Crippen LogP contribution in [0.25, 0.3) is 0 Å². The van der Waals surface area contributed by atoms with Gasteiger partial charge in [-0.1, -0.05) is 30.1 Å². The van der Waals surface area contributed by atoms with Crippen molar-refractivity contribution in [2.45, 2.75) is 25.8 Å². The molecule has 20 heavy (non-hydrogen) atoms. The SMILES string of the molecule is CC1CCCN(C(=O)c2ccc(Cl)cc2Cl)C1CN.Cl. The molecule has 1 aliphatic heterocycles. The van der Waals surface area contributed by atoms with E-state index in [9.17, 15) is 4.79 Å². The molecular formula is C14H19Cl3N2O. The van der Waals surface area contributed by atoms with Crippen molar-refractivity contribution in [3.05, 3.63) is 33.8 Å². The minimum Gasteiger partial charge on any atom is -0.334 e. The minimum absolute atomic E-state index is 0. The molecule has 1 heterocycles. The number of hydrogen-bond donors (Lipinski definition) is 1. The van der Waals surface area contributed by atoms with Gasteiger partial charge in [0.05, 0.1) is 10.6 Å². The Morgan fingerprint density at radius 2 is 2.15 bits per heavy atom. The molecule has 0 spiro atoms. The van der Waals surface area contributed by atoms with Crippen LogP contribution in [0.4, 0.5) is 0 Å². The molecule has 112 valence electrons. The Morgan fingerprint density at radius 3 is 2.75 bits per heavy atom. The quantitative estimate of drug-likeness (QED) is 0.896. The lowest BCUT2D eigenvalue weighted by Crippen LogP contribution is -2.51. The van der Waals surface area contributed by atoms with Gasteiger partial charge < -0.3 is 10.6 Å². The monoisotopic (exact) mass is 336 g/mol. The molecule has 2 unspecified atom stereocenters. The molecule has 1 aromatic rings. The fraction of sp³-hybridized carbons (Fsp3) is 0.500. The average Bonchev–Trinajstić information content (AvgIpc) is 2.37. The van der Waals surface area contributed by atoms with Gasteiger partial charge in [0.1, 0.15) is 0 Å². The zero-order chi connectivity index (χ0) is 14.0. The highest BCUT2D eigenvalue weighted by molar-refractivity contribution is 6.36. The fourth-order valence-electron chi connectivity index (χ4n) is 2.68. The standard InChI is InChI=1S/C14H18Cl2N2O.ClH/c1-9-3-2-6-18(13(9)8-17)14(19)11-5-4-10(15)7-12(11)16;/h4-5,7,9,13H,2-3,6,8,17H2,1H3;1H. The van der Waals surface area contributed by atoms with Crippen molar-refractivity contribution < 1.29 is 4.79 Å². The maximum absolute atomic E-state index is 12.6. The van der Waals surface area contributed by atoms with Crippen molar-refractivity contribution in [1.29, 1.82) is 0 Å². The van der Waals surface area contributed by atoms with Crippen molar-refractivity contribution in [2.75, 3.05) is 13.1 Å². The van der Waals surface area contributed by atoms with E-state index in [0.717, 1.165) is 19.4 Å². The zero-order valence-corrected chi connectivity index (χ0v) is 13.6. The van der Waals surface area contributed by atoms with Crippen LogP contribution >= 0.6 is 35.6 Å². The summed E-state index contributed by atoms with van der Waals surface area (Å²) in [4.78, 5) is 14.4. The molecule has 1 amide bonds. The van der Waals surface area contributed by atoms with Crippen molar-refractivity contribution in [2.24, 2.45) is 11.7 Å². The van der Waals surface area contributed by atoms with Crippen LogP contribution in [0.2, 0.25) is 10.0 Å². The van der Waals surface area contributed by atoms with Crippen LogP contribution in [0.3, 0.4) is 0 Å². The summed E-state index contributed by atoms with van der Waals surface area (Å²) in [6.07, 6.45) is 2.12. The van der Waals surface area contributed by atoms with Gasteiger partial charge in [0.25, 0.3) is 5.91 Å². The maximum atomic E-state index is 12.6. The first kappa shape index (κ1) is 17.6.